The third kappa shape index (κ3) is 2.69. The van der Waals surface area contributed by atoms with E-state index in [1.54, 1.807) is 12.2 Å². The lowest BCUT2D eigenvalue weighted by molar-refractivity contribution is -0.194. The highest BCUT2D eigenvalue weighted by Gasteiger charge is 2.66. The van der Waals surface area contributed by atoms with Gasteiger partial charge in [0.25, 0.3) is 0 Å². The van der Waals surface area contributed by atoms with Gasteiger partial charge in [-0.15, -0.1) is 0 Å². The lowest BCUT2D eigenvalue weighted by Crippen LogP contribution is -2.58. The number of halogens is 1. The minimum atomic E-state index is -1.29. The van der Waals surface area contributed by atoms with Crippen LogP contribution >= 0.6 is 0 Å². The Bertz CT molecular complexity index is 842. The first-order valence-corrected chi connectivity index (χ1v) is 10.3. The number of Topliss-reactive ketones (excluding diaryl/α,β-unsaturated/α-hetero) is 1. The molecule has 0 heterocycles. The number of methoxy groups -OCH3 is 1. The zero-order valence-electron chi connectivity index (χ0n) is 17.3. The summed E-state index contributed by atoms with van der Waals surface area (Å²) < 4.78 is 24.6. The van der Waals surface area contributed by atoms with Crippen molar-refractivity contribution in [1.82, 2.24) is 0 Å². The smallest absolute Gasteiger partial charge is 0.196 e. The summed E-state index contributed by atoms with van der Waals surface area (Å²) in [5.41, 5.74) is 0.656. The Balaban J connectivity index is 1.82. The number of aliphatic hydroxyl groups excluding tert-OH is 1. The zero-order valence-corrected chi connectivity index (χ0v) is 17.3. The molecule has 0 aliphatic heterocycles. The number of alkyl halides is 1. The van der Waals surface area contributed by atoms with E-state index in [2.05, 4.69) is 6.92 Å². The van der Waals surface area contributed by atoms with Crippen LogP contribution in [0.1, 0.15) is 46.0 Å². The maximum atomic E-state index is 13.6. The number of hydrogen-bond acceptors (Lipinski definition) is 5. The van der Waals surface area contributed by atoms with Crippen LogP contribution in [0.5, 0.6) is 0 Å². The summed E-state index contributed by atoms with van der Waals surface area (Å²) in [5.74, 6) is -0.558. The second kappa shape index (κ2) is 6.96. The third-order valence-electron chi connectivity index (χ3n) is 7.98. The maximum absolute atomic E-state index is 13.6. The Morgan fingerprint density at radius 1 is 1.34 bits per heavy atom. The first-order valence-electron chi connectivity index (χ1n) is 10.3. The molecular formula is C23H29FO5. The largest absolute Gasteiger partial charge is 0.389 e. The van der Waals surface area contributed by atoms with E-state index in [-0.39, 0.29) is 18.5 Å². The van der Waals surface area contributed by atoms with Gasteiger partial charge in [0.15, 0.2) is 18.2 Å². The van der Waals surface area contributed by atoms with E-state index in [0.29, 0.717) is 19.3 Å². The van der Waals surface area contributed by atoms with E-state index >= 15 is 0 Å². The monoisotopic (exact) mass is 404 g/mol. The summed E-state index contributed by atoms with van der Waals surface area (Å²) >= 11 is 0. The predicted octanol–water partition coefficient (Wildman–Crippen LogP) is 3.23. The minimum Gasteiger partial charge on any atom is -0.389 e. The number of carbonyl (C=O) groups excluding carboxylic acids is 2. The van der Waals surface area contributed by atoms with Crippen molar-refractivity contribution in [3.8, 4) is 0 Å². The van der Waals surface area contributed by atoms with Crippen molar-refractivity contribution in [3.05, 3.63) is 34.9 Å². The average Bonchev–Trinajstić information content (AvgIpc) is 2.98. The highest BCUT2D eigenvalue weighted by Crippen LogP contribution is 2.65. The molecule has 0 unspecified atom stereocenters. The predicted molar refractivity (Wildman–Crippen MR) is 105 cm³/mol. The van der Waals surface area contributed by atoms with E-state index < -0.39 is 35.0 Å². The van der Waals surface area contributed by atoms with Gasteiger partial charge in [0.1, 0.15) is 12.4 Å². The molecule has 6 heteroatoms. The van der Waals surface area contributed by atoms with Crippen LogP contribution in [0.15, 0.2) is 34.9 Å². The molecule has 0 aromatic heterocycles. The quantitative estimate of drug-likeness (QED) is 0.563. The van der Waals surface area contributed by atoms with Gasteiger partial charge in [-0.1, -0.05) is 24.1 Å². The van der Waals surface area contributed by atoms with Crippen LogP contribution in [0.25, 0.3) is 0 Å². The van der Waals surface area contributed by atoms with Crippen LogP contribution in [-0.4, -0.2) is 49.0 Å². The molecule has 5 nitrogen and oxygen atoms in total. The van der Waals surface area contributed by atoms with Crippen LogP contribution in [0, 0.1) is 16.7 Å². The molecule has 5 atom stereocenters. The van der Waals surface area contributed by atoms with Gasteiger partial charge in [-0.05, 0) is 62.7 Å². The molecule has 1 fully saturated rings. The molecule has 0 saturated heterocycles. The van der Waals surface area contributed by atoms with Crippen molar-refractivity contribution < 1.29 is 28.6 Å². The first kappa shape index (κ1) is 20.6. The lowest BCUT2D eigenvalue weighted by atomic mass is 9.52. The fraction of sp³-hybridized carbons (Fsp3) is 0.652. The number of carbonyl (C=O) groups is 2. The third-order valence-corrected chi connectivity index (χ3v) is 7.98. The maximum Gasteiger partial charge on any atom is 0.196 e. The molecule has 0 amide bonds. The molecule has 0 aromatic rings. The standard InChI is InChI=1S/C23H29FO5/c1-21-8-6-15(25)10-14(21)4-5-16-17-7-9-23(19(27)12-24,29-13-28-3)22(17,2)11-18(26)20(16)21/h6,8,10,17-18,26H,4-5,7,9,11-13H2,1-3H3/t17-,18-,21-,22-,23-/m0/s1. The first-order chi connectivity index (χ1) is 13.7. The van der Waals surface area contributed by atoms with Gasteiger partial charge in [-0.2, -0.15) is 0 Å². The van der Waals surface area contributed by atoms with Crippen molar-refractivity contribution >= 4 is 11.6 Å². The number of ether oxygens (including phenoxy) is 2. The molecule has 4 aliphatic carbocycles. The van der Waals surface area contributed by atoms with E-state index in [1.807, 2.05) is 13.0 Å². The molecule has 1 saturated carbocycles. The van der Waals surface area contributed by atoms with Crippen LogP contribution in [0.4, 0.5) is 4.39 Å². The summed E-state index contributed by atoms with van der Waals surface area (Å²) in [4.78, 5) is 24.7. The number of rotatable bonds is 5. The van der Waals surface area contributed by atoms with Crippen molar-refractivity contribution in [2.24, 2.45) is 16.7 Å². The lowest BCUT2D eigenvalue weighted by Gasteiger charge is -2.54. The molecular weight excluding hydrogens is 375 g/mol. The Morgan fingerprint density at radius 2 is 2.10 bits per heavy atom. The molecule has 0 bridgehead atoms. The number of hydrogen-bond donors (Lipinski definition) is 1. The van der Waals surface area contributed by atoms with E-state index in [1.165, 1.54) is 7.11 Å². The Hall–Kier alpha value is -1.63. The van der Waals surface area contributed by atoms with Gasteiger partial charge in [-0.3, -0.25) is 9.59 Å². The Morgan fingerprint density at radius 3 is 2.79 bits per heavy atom. The topological polar surface area (TPSA) is 72.8 Å². The highest BCUT2D eigenvalue weighted by molar-refractivity contribution is 6.01. The molecule has 0 spiro atoms. The van der Waals surface area contributed by atoms with Gasteiger partial charge in [0.05, 0.1) is 6.10 Å². The fourth-order valence-electron chi connectivity index (χ4n) is 6.63. The van der Waals surface area contributed by atoms with E-state index in [4.69, 9.17) is 9.47 Å². The van der Waals surface area contributed by atoms with Gasteiger partial charge < -0.3 is 14.6 Å². The van der Waals surface area contributed by atoms with Crippen molar-refractivity contribution in [3.63, 3.8) is 0 Å². The van der Waals surface area contributed by atoms with Gasteiger partial charge in [0, 0.05) is 17.9 Å². The fourth-order valence-corrected chi connectivity index (χ4v) is 6.63. The molecule has 158 valence electrons. The van der Waals surface area contributed by atoms with Crippen LogP contribution in [0.2, 0.25) is 0 Å². The minimum absolute atomic E-state index is 0.0157. The summed E-state index contributed by atoms with van der Waals surface area (Å²) in [6.07, 6.45) is 7.30. The summed E-state index contributed by atoms with van der Waals surface area (Å²) in [7, 11) is 1.48. The van der Waals surface area contributed by atoms with Crippen LogP contribution < -0.4 is 0 Å². The zero-order chi connectivity index (χ0) is 21.0. The summed E-state index contributed by atoms with van der Waals surface area (Å²) in [6.45, 7) is 2.82. The van der Waals surface area contributed by atoms with Gasteiger partial charge in [0.2, 0.25) is 0 Å². The molecule has 29 heavy (non-hydrogen) atoms. The normalized spacial score (nSPS) is 41.0. The molecule has 4 aliphatic rings. The second-order valence-electron chi connectivity index (χ2n) is 9.21. The van der Waals surface area contributed by atoms with Crippen molar-refractivity contribution in [2.75, 3.05) is 20.6 Å². The Kier molecular flexibility index (Phi) is 4.95. The number of allylic oxidation sites excluding steroid dienone is 5. The summed E-state index contributed by atoms with van der Waals surface area (Å²) in [5, 5.41) is 11.3. The van der Waals surface area contributed by atoms with E-state index in [0.717, 1.165) is 29.6 Å². The number of ketones is 2. The molecule has 1 N–H and O–H groups in total. The molecule has 4 rings (SSSR count). The Labute approximate surface area is 170 Å². The number of fused-ring (bicyclic) bond motifs is 4. The molecule has 0 radical (unpaired) electrons. The summed E-state index contributed by atoms with van der Waals surface area (Å²) in [6, 6.07) is 0. The van der Waals surface area contributed by atoms with Crippen LogP contribution in [-0.2, 0) is 19.1 Å². The SMILES string of the molecule is COCO[C@]1(C(=O)CF)CC[C@H]2C3=C([C@@H](O)C[C@@]21C)[C@@]1(C)C=CC(=O)C=C1CC3. The second-order valence-corrected chi connectivity index (χ2v) is 9.21. The van der Waals surface area contributed by atoms with Gasteiger partial charge in [-0.25, -0.2) is 4.39 Å². The molecule has 0 aromatic carbocycles. The van der Waals surface area contributed by atoms with Crippen LogP contribution in [0.3, 0.4) is 0 Å². The van der Waals surface area contributed by atoms with E-state index in [9.17, 15) is 19.1 Å². The number of aliphatic hydroxyl groups is 1. The van der Waals surface area contributed by atoms with Crippen molar-refractivity contribution in [1.29, 1.82) is 0 Å². The van der Waals surface area contributed by atoms with Crippen molar-refractivity contribution in [2.45, 2.75) is 57.7 Å². The average molecular weight is 404 g/mol. The highest BCUT2D eigenvalue weighted by atomic mass is 19.1. The van der Waals surface area contributed by atoms with Gasteiger partial charge >= 0.3 is 0 Å².